The minimum Gasteiger partial charge on any atom is -0.309 e. The van der Waals surface area contributed by atoms with E-state index in [9.17, 15) is 0 Å². The SMILES string of the molecule is CNCC#Cc1[nH]nc2cc(Br)ccc12. The first-order valence-electron chi connectivity index (χ1n) is 4.58. The van der Waals surface area contributed by atoms with Crippen molar-refractivity contribution < 1.29 is 0 Å². The van der Waals surface area contributed by atoms with Gasteiger partial charge >= 0.3 is 0 Å². The molecule has 0 aliphatic heterocycles. The van der Waals surface area contributed by atoms with Crippen LogP contribution in [0.2, 0.25) is 0 Å². The van der Waals surface area contributed by atoms with Crippen molar-refractivity contribution in [3.63, 3.8) is 0 Å². The lowest BCUT2D eigenvalue weighted by Crippen LogP contribution is -2.04. The molecule has 1 aromatic carbocycles. The Hall–Kier alpha value is -1.31. The van der Waals surface area contributed by atoms with Gasteiger partial charge in [0, 0.05) is 9.86 Å². The molecule has 0 aliphatic rings. The standard InChI is InChI=1S/C11H10BrN3/c1-13-6-2-3-10-9-5-4-8(12)7-11(9)15-14-10/h4-5,7,13H,6H2,1H3,(H,14,15). The van der Waals surface area contributed by atoms with Crippen LogP contribution in [0.15, 0.2) is 22.7 Å². The van der Waals surface area contributed by atoms with Crippen LogP contribution in [0.1, 0.15) is 5.69 Å². The maximum Gasteiger partial charge on any atom is 0.115 e. The summed E-state index contributed by atoms with van der Waals surface area (Å²) >= 11 is 3.41. The van der Waals surface area contributed by atoms with E-state index in [2.05, 4.69) is 43.3 Å². The van der Waals surface area contributed by atoms with Gasteiger partial charge in [0.15, 0.2) is 0 Å². The van der Waals surface area contributed by atoms with Crippen LogP contribution in [0.5, 0.6) is 0 Å². The van der Waals surface area contributed by atoms with Crippen LogP contribution < -0.4 is 5.32 Å². The van der Waals surface area contributed by atoms with Crippen molar-refractivity contribution in [2.24, 2.45) is 0 Å². The fourth-order valence-electron chi connectivity index (χ4n) is 1.30. The molecular weight excluding hydrogens is 254 g/mol. The molecule has 0 unspecified atom stereocenters. The van der Waals surface area contributed by atoms with Crippen LogP contribution in [-0.4, -0.2) is 23.8 Å². The molecule has 0 saturated carbocycles. The molecule has 3 nitrogen and oxygen atoms in total. The number of aromatic amines is 1. The van der Waals surface area contributed by atoms with E-state index in [1.54, 1.807) is 0 Å². The molecule has 4 heteroatoms. The number of benzene rings is 1. The van der Waals surface area contributed by atoms with Gasteiger partial charge in [0.25, 0.3) is 0 Å². The van der Waals surface area contributed by atoms with Gasteiger partial charge in [0.1, 0.15) is 5.69 Å². The lowest BCUT2D eigenvalue weighted by molar-refractivity contribution is 0.938. The zero-order valence-electron chi connectivity index (χ0n) is 8.26. The average molecular weight is 264 g/mol. The predicted octanol–water partition coefficient (Wildman–Crippen LogP) is 1.90. The molecule has 1 aromatic heterocycles. The van der Waals surface area contributed by atoms with E-state index < -0.39 is 0 Å². The molecular formula is C11H10BrN3. The van der Waals surface area contributed by atoms with E-state index in [0.29, 0.717) is 6.54 Å². The fraction of sp³-hybridized carbons (Fsp3) is 0.182. The quantitative estimate of drug-likeness (QED) is 0.772. The summed E-state index contributed by atoms with van der Waals surface area (Å²) in [5.41, 5.74) is 1.80. The van der Waals surface area contributed by atoms with Gasteiger partial charge in [0.2, 0.25) is 0 Å². The first-order valence-corrected chi connectivity index (χ1v) is 5.37. The number of halogens is 1. The Morgan fingerprint density at radius 1 is 1.53 bits per heavy atom. The summed E-state index contributed by atoms with van der Waals surface area (Å²) in [5, 5.41) is 11.1. The van der Waals surface area contributed by atoms with Crippen molar-refractivity contribution in [2.75, 3.05) is 13.6 Å². The Kier molecular flexibility index (Phi) is 3.05. The summed E-state index contributed by atoms with van der Waals surface area (Å²) in [4.78, 5) is 0. The summed E-state index contributed by atoms with van der Waals surface area (Å²) < 4.78 is 1.02. The van der Waals surface area contributed by atoms with Gasteiger partial charge in [-0.3, -0.25) is 5.10 Å². The summed E-state index contributed by atoms with van der Waals surface area (Å²) in [6.45, 7) is 0.678. The molecule has 0 amide bonds. The van der Waals surface area contributed by atoms with E-state index in [1.807, 2.05) is 25.2 Å². The third kappa shape index (κ3) is 2.20. The minimum absolute atomic E-state index is 0.678. The molecule has 15 heavy (non-hydrogen) atoms. The lowest BCUT2D eigenvalue weighted by atomic mass is 10.2. The molecule has 1 heterocycles. The smallest absolute Gasteiger partial charge is 0.115 e. The molecule has 0 fully saturated rings. The van der Waals surface area contributed by atoms with Gasteiger partial charge in [-0.15, -0.1) is 0 Å². The summed E-state index contributed by atoms with van der Waals surface area (Å²) in [7, 11) is 1.87. The first kappa shape index (κ1) is 10.2. The highest BCUT2D eigenvalue weighted by Gasteiger charge is 2.02. The van der Waals surface area contributed by atoms with Crippen molar-refractivity contribution in [2.45, 2.75) is 0 Å². The number of hydrogen-bond donors (Lipinski definition) is 2. The highest BCUT2D eigenvalue weighted by Crippen LogP contribution is 2.19. The zero-order chi connectivity index (χ0) is 10.7. The van der Waals surface area contributed by atoms with Gasteiger partial charge in [-0.05, 0) is 31.2 Å². The van der Waals surface area contributed by atoms with Gasteiger partial charge in [0.05, 0.1) is 12.1 Å². The van der Waals surface area contributed by atoms with Crippen molar-refractivity contribution in [3.05, 3.63) is 28.4 Å². The van der Waals surface area contributed by atoms with E-state index in [-0.39, 0.29) is 0 Å². The van der Waals surface area contributed by atoms with Crippen molar-refractivity contribution in [1.82, 2.24) is 15.5 Å². The van der Waals surface area contributed by atoms with Crippen LogP contribution in [-0.2, 0) is 0 Å². The Labute approximate surface area is 96.4 Å². The van der Waals surface area contributed by atoms with Crippen LogP contribution in [0.25, 0.3) is 10.9 Å². The van der Waals surface area contributed by atoms with Gasteiger partial charge in [-0.1, -0.05) is 21.9 Å². The third-order valence-electron chi connectivity index (χ3n) is 2.00. The van der Waals surface area contributed by atoms with Crippen LogP contribution >= 0.6 is 15.9 Å². The van der Waals surface area contributed by atoms with E-state index in [0.717, 1.165) is 21.1 Å². The van der Waals surface area contributed by atoms with Gasteiger partial charge < -0.3 is 5.32 Å². The average Bonchev–Trinajstić information content (AvgIpc) is 2.61. The Morgan fingerprint density at radius 3 is 3.20 bits per heavy atom. The highest BCUT2D eigenvalue weighted by molar-refractivity contribution is 9.10. The van der Waals surface area contributed by atoms with Crippen LogP contribution in [0.3, 0.4) is 0 Å². The molecule has 2 N–H and O–H groups in total. The maximum atomic E-state index is 4.18. The van der Waals surface area contributed by atoms with E-state index in [1.165, 1.54) is 0 Å². The number of nitrogens with zero attached hydrogens (tertiary/aromatic N) is 1. The minimum atomic E-state index is 0.678. The molecule has 0 spiro atoms. The number of fused-ring (bicyclic) bond motifs is 1. The second kappa shape index (κ2) is 4.47. The molecule has 2 rings (SSSR count). The fourth-order valence-corrected chi connectivity index (χ4v) is 1.65. The Bertz CT molecular complexity index is 533. The predicted molar refractivity (Wildman–Crippen MR) is 64.6 cm³/mol. The molecule has 0 aliphatic carbocycles. The molecule has 0 bridgehead atoms. The third-order valence-corrected chi connectivity index (χ3v) is 2.49. The maximum absolute atomic E-state index is 4.18. The van der Waals surface area contributed by atoms with E-state index in [4.69, 9.17) is 0 Å². The van der Waals surface area contributed by atoms with Crippen molar-refractivity contribution in [3.8, 4) is 11.8 Å². The monoisotopic (exact) mass is 263 g/mol. The normalized spacial score (nSPS) is 10.0. The Balaban J connectivity index is 2.42. The number of aromatic nitrogens is 2. The molecule has 0 radical (unpaired) electrons. The lowest BCUT2D eigenvalue weighted by Gasteiger charge is -1.89. The van der Waals surface area contributed by atoms with Crippen molar-refractivity contribution >= 4 is 26.8 Å². The number of rotatable bonds is 1. The molecule has 2 aromatic rings. The molecule has 0 atom stereocenters. The highest BCUT2D eigenvalue weighted by atomic mass is 79.9. The summed E-state index contributed by atoms with van der Waals surface area (Å²) in [5.74, 6) is 6.04. The second-order valence-electron chi connectivity index (χ2n) is 3.09. The zero-order valence-corrected chi connectivity index (χ0v) is 9.85. The summed E-state index contributed by atoms with van der Waals surface area (Å²) in [6.07, 6.45) is 0. The first-order chi connectivity index (χ1) is 7.31. The largest absolute Gasteiger partial charge is 0.309 e. The van der Waals surface area contributed by atoms with E-state index >= 15 is 0 Å². The van der Waals surface area contributed by atoms with Gasteiger partial charge in [-0.25, -0.2) is 0 Å². The summed E-state index contributed by atoms with van der Waals surface area (Å²) in [6, 6.07) is 5.96. The van der Waals surface area contributed by atoms with Crippen molar-refractivity contribution in [1.29, 1.82) is 0 Å². The molecule has 76 valence electrons. The Morgan fingerprint density at radius 2 is 2.40 bits per heavy atom. The topological polar surface area (TPSA) is 40.7 Å². The second-order valence-corrected chi connectivity index (χ2v) is 4.01. The van der Waals surface area contributed by atoms with Crippen LogP contribution in [0.4, 0.5) is 0 Å². The number of nitrogens with one attached hydrogen (secondary N) is 2. The van der Waals surface area contributed by atoms with Crippen LogP contribution in [0, 0.1) is 11.8 Å². The molecule has 0 saturated heterocycles. The number of hydrogen-bond acceptors (Lipinski definition) is 2. The number of H-pyrrole nitrogens is 1. The van der Waals surface area contributed by atoms with Gasteiger partial charge in [-0.2, -0.15) is 5.10 Å².